The summed E-state index contributed by atoms with van der Waals surface area (Å²) >= 11 is 2.25. The first kappa shape index (κ1) is 17.5. The molecular formula is C20H19FIN3O. The fraction of sp³-hybridized carbons (Fsp3) is 0.250. The summed E-state index contributed by atoms with van der Waals surface area (Å²) < 4.78 is 14.0. The van der Waals surface area contributed by atoms with E-state index in [1.807, 2.05) is 41.3 Å². The highest BCUT2D eigenvalue weighted by Crippen LogP contribution is 2.25. The minimum atomic E-state index is -0.211. The number of nitrogens with one attached hydrogen (secondary N) is 1. The number of nitrogens with zero attached hydrogens (tertiary/aromatic N) is 2. The number of aromatic nitrogens is 1. The molecule has 2 heterocycles. The summed E-state index contributed by atoms with van der Waals surface area (Å²) in [5, 5.41) is 1.09. The predicted molar refractivity (Wildman–Crippen MR) is 109 cm³/mol. The first-order valence-corrected chi connectivity index (χ1v) is 9.72. The minimum absolute atomic E-state index is 0.0621. The van der Waals surface area contributed by atoms with E-state index < -0.39 is 0 Å². The van der Waals surface area contributed by atoms with Crippen LogP contribution in [0.3, 0.4) is 0 Å². The number of hydrogen-bond donors (Lipinski definition) is 1. The number of piperazine rings is 1. The average molecular weight is 463 g/mol. The standard InChI is InChI=1S/C20H19FIN3O/c21-15-7-5-14(6-8-15)13-24-9-11-25(12-10-24)20(26)19-18(22)16-3-1-2-4-17(16)23-19/h1-8,23H,9-13H2. The van der Waals surface area contributed by atoms with Gasteiger partial charge in [-0.15, -0.1) is 0 Å². The number of carbonyl (C=O) groups excluding carboxylic acids is 1. The van der Waals surface area contributed by atoms with E-state index in [9.17, 15) is 9.18 Å². The van der Waals surface area contributed by atoms with Crippen molar-refractivity contribution in [3.63, 3.8) is 0 Å². The van der Waals surface area contributed by atoms with E-state index in [4.69, 9.17) is 0 Å². The Balaban J connectivity index is 1.41. The number of aromatic amines is 1. The average Bonchev–Trinajstić information content (AvgIpc) is 3.01. The van der Waals surface area contributed by atoms with Crippen LogP contribution in [-0.4, -0.2) is 46.9 Å². The van der Waals surface area contributed by atoms with Crippen molar-refractivity contribution in [3.8, 4) is 0 Å². The van der Waals surface area contributed by atoms with Gasteiger partial charge in [0.1, 0.15) is 11.5 Å². The van der Waals surface area contributed by atoms with Gasteiger partial charge in [0.2, 0.25) is 0 Å². The molecule has 4 rings (SSSR count). The zero-order valence-electron chi connectivity index (χ0n) is 14.2. The molecule has 0 saturated carbocycles. The van der Waals surface area contributed by atoms with Crippen molar-refractivity contribution in [3.05, 3.63) is 69.2 Å². The van der Waals surface area contributed by atoms with Crippen LogP contribution in [0.15, 0.2) is 48.5 Å². The van der Waals surface area contributed by atoms with Crippen LogP contribution < -0.4 is 0 Å². The first-order chi connectivity index (χ1) is 12.6. The molecule has 0 spiro atoms. The lowest BCUT2D eigenvalue weighted by Crippen LogP contribution is -2.48. The predicted octanol–water partition coefficient (Wildman–Crippen LogP) is 3.87. The van der Waals surface area contributed by atoms with Gasteiger partial charge in [-0.3, -0.25) is 9.69 Å². The van der Waals surface area contributed by atoms with E-state index >= 15 is 0 Å². The minimum Gasteiger partial charge on any atom is -0.350 e. The monoisotopic (exact) mass is 463 g/mol. The number of rotatable bonds is 3. The smallest absolute Gasteiger partial charge is 0.271 e. The summed E-state index contributed by atoms with van der Waals surface area (Å²) in [5.74, 6) is -0.149. The molecule has 1 N–H and O–H groups in total. The fourth-order valence-corrected chi connectivity index (χ4v) is 4.21. The molecule has 134 valence electrons. The fourth-order valence-electron chi connectivity index (χ4n) is 3.37. The maximum atomic E-state index is 13.0. The number of hydrogen-bond acceptors (Lipinski definition) is 2. The highest BCUT2D eigenvalue weighted by Gasteiger charge is 2.25. The quantitative estimate of drug-likeness (QED) is 0.600. The summed E-state index contributed by atoms with van der Waals surface area (Å²) in [6, 6.07) is 14.6. The van der Waals surface area contributed by atoms with Gasteiger partial charge < -0.3 is 9.88 Å². The van der Waals surface area contributed by atoms with Crippen molar-refractivity contribution in [2.45, 2.75) is 6.54 Å². The Kier molecular flexibility index (Phi) is 4.95. The molecule has 1 aromatic heterocycles. The molecule has 0 atom stereocenters. The Hall–Kier alpha value is -1.93. The molecule has 1 fully saturated rings. The zero-order chi connectivity index (χ0) is 18.1. The van der Waals surface area contributed by atoms with E-state index in [1.54, 1.807) is 0 Å². The van der Waals surface area contributed by atoms with Crippen LogP contribution in [0.25, 0.3) is 10.9 Å². The normalized spacial score (nSPS) is 15.5. The van der Waals surface area contributed by atoms with Crippen LogP contribution in [-0.2, 0) is 6.54 Å². The lowest BCUT2D eigenvalue weighted by Gasteiger charge is -2.34. The number of carbonyl (C=O) groups is 1. The molecule has 4 nitrogen and oxygen atoms in total. The SMILES string of the molecule is O=C(c1[nH]c2ccccc2c1I)N1CCN(Cc2ccc(F)cc2)CC1. The highest BCUT2D eigenvalue weighted by molar-refractivity contribution is 14.1. The molecule has 0 radical (unpaired) electrons. The van der Waals surface area contributed by atoms with Crippen LogP contribution >= 0.6 is 22.6 Å². The second-order valence-corrected chi connectivity index (χ2v) is 7.63. The molecule has 2 aromatic carbocycles. The molecular weight excluding hydrogens is 444 g/mol. The molecule has 0 bridgehead atoms. The summed E-state index contributed by atoms with van der Waals surface area (Å²) in [5.41, 5.74) is 2.77. The second kappa shape index (κ2) is 7.36. The largest absolute Gasteiger partial charge is 0.350 e. The lowest BCUT2D eigenvalue weighted by atomic mass is 10.2. The maximum Gasteiger partial charge on any atom is 0.271 e. The van der Waals surface area contributed by atoms with E-state index in [2.05, 4.69) is 32.5 Å². The van der Waals surface area contributed by atoms with Gasteiger partial charge >= 0.3 is 0 Å². The van der Waals surface area contributed by atoms with E-state index in [-0.39, 0.29) is 11.7 Å². The molecule has 1 aliphatic rings. The third-order valence-corrected chi connectivity index (χ3v) is 5.96. The maximum absolute atomic E-state index is 13.0. The number of para-hydroxylation sites is 1. The van der Waals surface area contributed by atoms with Gasteiger partial charge in [0, 0.05) is 43.6 Å². The van der Waals surface area contributed by atoms with Gasteiger partial charge in [-0.25, -0.2) is 4.39 Å². The van der Waals surface area contributed by atoms with E-state index in [0.717, 1.165) is 39.7 Å². The molecule has 1 amide bonds. The molecule has 1 aliphatic heterocycles. The zero-order valence-corrected chi connectivity index (χ0v) is 16.4. The van der Waals surface area contributed by atoms with Crippen molar-refractivity contribution >= 4 is 39.4 Å². The van der Waals surface area contributed by atoms with E-state index in [0.29, 0.717) is 18.8 Å². The van der Waals surface area contributed by atoms with Gasteiger partial charge in [-0.1, -0.05) is 30.3 Å². The highest BCUT2D eigenvalue weighted by atomic mass is 127. The Labute approximate surface area is 165 Å². The van der Waals surface area contributed by atoms with Crippen LogP contribution in [0.1, 0.15) is 16.1 Å². The third kappa shape index (κ3) is 3.48. The molecule has 0 unspecified atom stereocenters. The Bertz CT molecular complexity index is 930. The molecule has 6 heteroatoms. The first-order valence-electron chi connectivity index (χ1n) is 8.64. The summed E-state index contributed by atoms with van der Waals surface area (Å²) in [6.07, 6.45) is 0. The van der Waals surface area contributed by atoms with Crippen LogP contribution in [0, 0.1) is 9.39 Å². The number of amides is 1. The Morgan fingerprint density at radius 2 is 1.73 bits per heavy atom. The number of benzene rings is 2. The van der Waals surface area contributed by atoms with Crippen LogP contribution in [0.4, 0.5) is 4.39 Å². The molecule has 26 heavy (non-hydrogen) atoms. The molecule has 0 aliphatic carbocycles. The Morgan fingerprint density at radius 1 is 1.04 bits per heavy atom. The van der Waals surface area contributed by atoms with Gasteiger partial charge in [0.25, 0.3) is 5.91 Å². The van der Waals surface area contributed by atoms with Crippen LogP contribution in [0.2, 0.25) is 0 Å². The summed E-state index contributed by atoms with van der Waals surface area (Å²) in [6.45, 7) is 3.82. The van der Waals surface area contributed by atoms with Crippen LogP contribution in [0.5, 0.6) is 0 Å². The van der Waals surface area contributed by atoms with Crippen molar-refractivity contribution in [1.82, 2.24) is 14.8 Å². The summed E-state index contributed by atoms with van der Waals surface area (Å²) in [4.78, 5) is 20.4. The van der Waals surface area contributed by atoms with Crippen molar-refractivity contribution < 1.29 is 9.18 Å². The van der Waals surface area contributed by atoms with Crippen molar-refractivity contribution in [2.24, 2.45) is 0 Å². The van der Waals surface area contributed by atoms with Gasteiger partial charge in [-0.05, 0) is 46.4 Å². The van der Waals surface area contributed by atoms with Gasteiger partial charge in [-0.2, -0.15) is 0 Å². The number of fused-ring (bicyclic) bond motifs is 1. The van der Waals surface area contributed by atoms with Crippen molar-refractivity contribution in [2.75, 3.05) is 26.2 Å². The number of halogens is 2. The molecule has 3 aromatic rings. The Morgan fingerprint density at radius 3 is 2.42 bits per heavy atom. The second-order valence-electron chi connectivity index (χ2n) is 6.55. The third-order valence-electron chi connectivity index (χ3n) is 4.84. The van der Waals surface area contributed by atoms with Gasteiger partial charge in [0.15, 0.2) is 0 Å². The topological polar surface area (TPSA) is 39.3 Å². The lowest BCUT2D eigenvalue weighted by molar-refractivity contribution is 0.0622. The van der Waals surface area contributed by atoms with Gasteiger partial charge in [0.05, 0.1) is 3.57 Å². The van der Waals surface area contributed by atoms with Crippen molar-refractivity contribution in [1.29, 1.82) is 0 Å². The molecule has 1 saturated heterocycles. The number of H-pyrrole nitrogens is 1. The van der Waals surface area contributed by atoms with E-state index in [1.165, 1.54) is 12.1 Å². The summed E-state index contributed by atoms with van der Waals surface area (Å²) in [7, 11) is 0.